The first-order valence-electron chi connectivity index (χ1n) is 10.8. The van der Waals surface area contributed by atoms with E-state index in [4.69, 9.17) is 4.74 Å². The Hall–Kier alpha value is -3.93. The molecule has 1 amide bonds. The maximum absolute atomic E-state index is 13.4. The van der Waals surface area contributed by atoms with E-state index in [9.17, 15) is 19.1 Å². The van der Waals surface area contributed by atoms with Gasteiger partial charge in [0.2, 0.25) is 0 Å². The molecule has 1 aliphatic rings. The predicted octanol–water partition coefficient (Wildman–Crippen LogP) is 4.89. The Morgan fingerprint density at radius 1 is 1.00 bits per heavy atom. The number of carbonyl (C=O) groups is 2. The minimum atomic E-state index is -0.792. The van der Waals surface area contributed by atoms with E-state index in [1.54, 1.807) is 24.3 Å². The van der Waals surface area contributed by atoms with Crippen molar-refractivity contribution in [2.24, 2.45) is 0 Å². The number of aliphatic hydroxyl groups is 1. The molecule has 1 N–H and O–H groups in total. The van der Waals surface area contributed by atoms with Gasteiger partial charge in [0.05, 0.1) is 18.2 Å². The van der Waals surface area contributed by atoms with E-state index in [0.29, 0.717) is 24.3 Å². The fraction of sp³-hybridized carbons (Fsp3) is 0.185. The predicted molar refractivity (Wildman–Crippen MR) is 123 cm³/mol. The summed E-state index contributed by atoms with van der Waals surface area (Å²) in [5.74, 6) is -1.64. The minimum Gasteiger partial charge on any atom is -0.507 e. The van der Waals surface area contributed by atoms with Crippen LogP contribution >= 0.6 is 0 Å². The molecule has 3 aromatic carbocycles. The molecule has 5 nitrogen and oxygen atoms in total. The quantitative estimate of drug-likeness (QED) is 0.320. The fourth-order valence-corrected chi connectivity index (χ4v) is 4.06. The van der Waals surface area contributed by atoms with Crippen molar-refractivity contribution in [3.05, 3.63) is 107 Å². The van der Waals surface area contributed by atoms with Gasteiger partial charge >= 0.3 is 0 Å². The van der Waals surface area contributed by atoms with E-state index in [1.165, 1.54) is 29.2 Å². The zero-order valence-electron chi connectivity index (χ0n) is 18.2. The third-order valence-corrected chi connectivity index (χ3v) is 5.63. The minimum absolute atomic E-state index is 0.0201. The number of likely N-dealkylation sites (tertiary alicyclic amines) is 1. The molecule has 0 aliphatic carbocycles. The highest BCUT2D eigenvalue weighted by molar-refractivity contribution is 6.46. The van der Waals surface area contributed by atoms with Crippen LogP contribution in [0.25, 0.3) is 5.76 Å². The van der Waals surface area contributed by atoms with Gasteiger partial charge < -0.3 is 14.7 Å². The molecule has 0 spiro atoms. The second-order valence-corrected chi connectivity index (χ2v) is 7.74. The number of rotatable bonds is 7. The molecule has 1 fully saturated rings. The average Bonchev–Trinajstić information content (AvgIpc) is 3.09. The average molecular weight is 445 g/mol. The summed E-state index contributed by atoms with van der Waals surface area (Å²) >= 11 is 0. The summed E-state index contributed by atoms with van der Waals surface area (Å²) in [7, 11) is 0. The number of carbonyl (C=O) groups excluding carboxylic acids is 2. The first-order valence-corrected chi connectivity index (χ1v) is 10.8. The lowest BCUT2D eigenvalue weighted by Crippen LogP contribution is -2.31. The topological polar surface area (TPSA) is 66.8 Å². The van der Waals surface area contributed by atoms with Crippen molar-refractivity contribution in [3.63, 3.8) is 0 Å². The highest BCUT2D eigenvalue weighted by Crippen LogP contribution is 2.40. The smallest absolute Gasteiger partial charge is 0.295 e. The molecule has 168 valence electrons. The Labute approximate surface area is 191 Å². The number of halogens is 1. The van der Waals surface area contributed by atoms with Gasteiger partial charge in [-0.25, -0.2) is 4.39 Å². The molecule has 4 rings (SSSR count). The summed E-state index contributed by atoms with van der Waals surface area (Å²) in [4.78, 5) is 27.6. The Morgan fingerprint density at radius 2 is 1.73 bits per heavy atom. The molecule has 6 heteroatoms. The van der Waals surface area contributed by atoms with Crippen molar-refractivity contribution in [2.45, 2.75) is 19.4 Å². The molecule has 33 heavy (non-hydrogen) atoms. The first kappa shape index (κ1) is 22.3. The van der Waals surface area contributed by atoms with Crippen molar-refractivity contribution >= 4 is 17.4 Å². The fourth-order valence-electron chi connectivity index (χ4n) is 4.06. The number of aliphatic hydroxyl groups excluding tert-OH is 1. The molecule has 1 heterocycles. The maximum Gasteiger partial charge on any atom is 0.295 e. The molecular weight excluding hydrogens is 421 g/mol. The van der Waals surface area contributed by atoms with E-state index in [0.717, 1.165) is 5.56 Å². The molecule has 1 unspecified atom stereocenters. The molecule has 0 bridgehead atoms. The van der Waals surface area contributed by atoms with Crippen molar-refractivity contribution in [1.29, 1.82) is 0 Å². The van der Waals surface area contributed by atoms with Gasteiger partial charge in [0, 0.05) is 12.1 Å². The third kappa shape index (κ3) is 4.65. The number of Topliss-reactive ketones (excluding diaryl/α,β-unsaturated/α-hetero) is 1. The maximum atomic E-state index is 13.4. The number of hydrogen-bond donors (Lipinski definition) is 1. The number of ether oxygens (including phenoxy) is 1. The van der Waals surface area contributed by atoms with E-state index in [-0.39, 0.29) is 23.4 Å². The van der Waals surface area contributed by atoms with Crippen LogP contribution in [-0.2, 0) is 16.0 Å². The summed E-state index contributed by atoms with van der Waals surface area (Å²) in [6, 6.07) is 21.2. The number of ketones is 1. The molecule has 1 saturated heterocycles. The van der Waals surface area contributed by atoms with Crippen LogP contribution in [-0.4, -0.2) is 34.8 Å². The highest BCUT2D eigenvalue weighted by Gasteiger charge is 2.45. The molecule has 0 saturated carbocycles. The van der Waals surface area contributed by atoms with Gasteiger partial charge in [-0.2, -0.15) is 0 Å². The summed E-state index contributed by atoms with van der Waals surface area (Å²) in [5, 5.41) is 11.0. The molecule has 0 radical (unpaired) electrons. The van der Waals surface area contributed by atoms with E-state index in [1.807, 2.05) is 37.3 Å². The Kier molecular flexibility index (Phi) is 6.54. The monoisotopic (exact) mass is 445 g/mol. The van der Waals surface area contributed by atoms with Gasteiger partial charge in [0.25, 0.3) is 11.7 Å². The summed E-state index contributed by atoms with van der Waals surface area (Å²) in [6.07, 6.45) is 0.548. The van der Waals surface area contributed by atoms with Crippen molar-refractivity contribution in [3.8, 4) is 5.75 Å². The van der Waals surface area contributed by atoms with E-state index >= 15 is 0 Å². The second kappa shape index (κ2) is 9.69. The van der Waals surface area contributed by atoms with Crippen LogP contribution in [0.3, 0.4) is 0 Å². The zero-order chi connectivity index (χ0) is 23.4. The van der Waals surface area contributed by atoms with Crippen LogP contribution in [0.5, 0.6) is 5.75 Å². The lowest BCUT2D eigenvalue weighted by molar-refractivity contribution is -0.139. The van der Waals surface area contributed by atoms with Gasteiger partial charge in [-0.15, -0.1) is 0 Å². The normalized spacial score (nSPS) is 17.4. The molecular formula is C27H24FNO4. The Morgan fingerprint density at radius 3 is 2.42 bits per heavy atom. The van der Waals surface area contributed by atoms with Crippen molar-refractivity contribution < 1.29 is 23.8 Å². The standard InChI is InChI=1S/C27H24FNO4/c1-2-33-22-10-6-9-20(17-22)24-23(25(30)19-11-13-21(28)14-12-19)26(31)27(32)29(24)16-15-18-7-4-3-5-8-18/h3-14,17,24,30H,2,15-16H2,1H3. The van der Waals surface area contributed by atoms with Crippen LogP contribution < -0.4 is 4.74 Å². The van der Waals surface area contributed by atoms with Gasteiger partial charge in [0.1, 0.15) is 17.3 Å². The molecule has 0 aromatic heterocycles. The lowest BCUT2D eigenvalue weighted by Gasteiger charge is -2.25. The number of nitrogens with zero attached hydrogens (tertiary/aromatic N) is 1. The van der Waals surface area contributed by atoms with Gasteiger partial charge in [-0.3, -0.25) is 9.59 Å². The van der Waals surface area contributed by atoms with Crippen LogP contribution in [0.2, 0.25) is 0 Å². The molecule has 3 aromatic rings. The van der Waals surface area contributed by atoms with E-state index in [2.05, 4.69) is 0 Å². The van der Waals surface area contributed by atoms with Gasteiger partial charge in [-0.05, 0) is 60.9 Å². The number of hydrogen-bond acceptors (Lipinski definition) is 4. The van der Waals surface area contributed by atoms with Gasteiger partial charge in [-0.1, -0.05) is 42.5 Å². The molecule has 1 aliphatic heterocycles. The zero-order valence-corrected chi connectivity index (χ0v) is 18.2. The van der Waals surface area contributed by atoms with E-state index < -0.39 is 23.5 Å². The second-order valence-electron chi connectivity index (χ2n) is 7.74. The highest BCUT2D eigenvalue weighted by atomic mass is 19.1. The van der Waals surface area contributed by atoms with Gasteiger partial charge in [0.15, 0.2) is 0 Å². The summed E-state index contributed by atoms with van der Waals surface area (Å²) in [6.45, 7) is 2.62. The van der Waals surface area contributed by atoms with Crippen LogP contribution in [0.4, 0.5) is 4.39 Å². The number of benzene rings is 3. The van der Waals surface area contributed by atoms with Crippen LogP contribution in [0.15, 0.2) is 84.4 Å². The molecule has 1 atom stereocenters. The van der Waals surface area contributed by atoms with Crippen LogP contribution in [0, 0.1) is 5.82 Å². The Balaban J connectivity index is 1.79. The lowest BCUT2D eigenvalue weighted by atomic mass is 9.95. The van der Waals surface area contributed by atoms with Crippen molar-refractivity contribution in [2.75, 3.05) is 13.2 Å². The summed E-state index contributed by atoms with van der Waals surface area (Å²) in [5.41, 5.74) is 1.92. The SMILES string of the molecule is CCOc1cccc(C2C(=C(O)c3ccc(F)cc3)C(=O)C(=O)N2CCc2ccccc2)c1. The largest absolute Gasteiger partial charge is 0.507 e. The third-order valence-electron chi connectivity index (χ3n) is 5.63. The van der Waals surface area contributed by atoms with Crippen LogP contribution in [0.1, 0.15) is 29.7 Å². The Bertz CT molecular complexity index is 1190. The van der Waals surface area contributed by atoms with Crippen molar-refractivity contribution in [1.82, 2.24) is 4.90 Å². The number of amides is 1. The summed E-state index contributed by atoms with van der Waals surface area (Å²) < 4.78 is 19.0. The first-order chi connectivity index (χ1) is 16.0.